The minimum Gasteiger partial charge on any atom is -0.370 e. The highest BCUT2D eigenvalue weighted by Crippen LogP contribution is 2.32. The van der Waals surface area contributed by atoms with Gasteiger partial charge in [0.05, 0.1) is 28.4 Å². The Bertz CT molecular complexity index is 1320. The van der Waals surface area contributed by atoms with Crippen molar-refractivity contribution in [2.24, 2.45) is 0 Å². The fraction of sp³-hybridized carbons (Fsp3) is 0.440. The van der Waals surface area contributed by atoms with Crippen LogP contribution in [0.15, 0.2) is 41.3 Å². The van der Waals surface area contributed by atoms with Crippen molar-refractivity contribution in [3.63, 3.8) is 0 Å². The van der Waals surface area contributed by atoms with Crippen LogP contribution in [0.4, 0.5) is 18.9 Å². The van der Waals surface area contributed by atoms with E-state index in [0.717, 1.165) is 63.3 Å². The van der Waals surface area contributed by atoms with Gasteiger partial charge in [0, 0.05) is 38.6 Å². The van der Waals surface area contributed by atoms with E-state index in [4.69, 9.17) is 0 Å². The third-order valence-electron chi connectivity index (χ3n) is 7.21. The lowest BCUT2D eigenvalue weighted by Gasteiger charge is -2.37. The Labute approximate surface area is 205 Å². The number of pyridine rings is 1. The lowest BCUT2D eigenvalue weighted by Crippen LogP contribution is -2.44. The predicted octanol–water partition coefficient (Wildman–Crippen LogP) is 3.15. The zero-order chi connectivity index (χ0) is 25.4. The number of hydrogen-bond donors (Lipinski definition) is 2. The molecular formula is C25H27F3N6O2. The van der Waals surface area contributed by atoms with Crippen molar-refractivity contribution < 1.29 is 18.0 Å². The van der Waals surface area contributed by atoms with Crippen molar-refractivity contribution in [2.45, 2.75) is 37.4 Å². The number of amides is 1. The third kappa shape index (κ3) is 4.79. The number of anilines is 1. The number of carbonyl (C=O) groups excluding carboxylic acids is 1. The van der Waals surface area contributed by atoms with Gasteiger partial charge >= 0.3 is 6.18 Å². The van der Waals surface area contributed by atoms with E-state index in [0.29, 0.717) is 17.6 Å². The molecule has 36 heavy (non-hydrogen) atoms. The fourth-order valence-electron chi connectivity index (χ4n) is 5.19. The molecule has 1 unspecified atom stereocenters. The van der Waals surface area contributed by atoms with Gasteiger partial charge in [-0.05, 0) is 56.1 Å². The Hall–Kier alpha value is -3.47. The van der Waals surface area contributed by atoms with Crippen LogP contribution in [-0.4, -0.2) is 65.0 Å². The first-order valence-electron chi connectivity index (χ1n) is 12.0. The molecule has 190 valence electrons. The van der Waals surface area contributed by atoms with Gasteiger partial charge in [0.1, 0.15) is 11.5 Å². The quantitative estimate of drug-likeness (QED) is 0.572. The predicted molar refractivity (Wildman–Crippen MR) is 129 cm³/mol. The first-order valence-corrected chi connectivity index (χ1v) is 12.0. The Balaban J connectivity index is 1.22. The van der Waals surface area contributed by atoms with Crippen molar-refractivity contribution in [1.29, 1.82) is 0 Å². The summed E-state index contributed by atoms with van der Waals surface area (Å²) in [5, 5.41) is 2.52. The largest absolute Gasteiger partial charge is 0.416 e. The van der Waals surface area contributed by atoms with E-state index in [-0.39, 0.29) is 22.7 Å². The van der Waals surface area contributed by atoms with E-state index < -0.39 is 17.3 Å². The lowest BCUT2D eigenvalue weighted by atomic mass is 10.0. The van der Waals surface area contributed by atoms with Crippen LogP contribution >= 0.6 is 0 Å². The third-order valence-corrected chi connectivity index (χ3v) is 7.21. The Morgan fingerprint density at radius 3 is 2.56 bits per heavy atom. The average molecular weight is 501 g/mol. The van der Waals surface area contributed by atoms with Crippen molar-refractivity contribution in [2.75, 3.05) is 38.1 Å². The first-order chi connectivity index (χ1) is 17.2. The minimum atomic E-state index is -4.51. The highest BCUT2D eigenvalue weighted by Gasteiger charge is 2.34. The van der Waals surface area contributed by atoms with Crippen molar-refractivity contribution in [3.05, 3.63) is 64.0 Å². The first kappa shape index (κ1) is 24.2. The Morgan fingerprint density at radius 2 is 1.89 bits per heavy atom. The molecule has 1 atom stereocenters. The normalized spacial score (nSPS) is 19.7. The number of likely N-dealkylation sites (tertiary alicyclic amines) is 1. The van der Waals surface area contributed by atoms with Gasteiger partial charge in [-0.1, -0.05) is 0 Å². The maximum Gasteiger partial charge on any atom is 0.416 e. The molecule has 2 saturated heterocycles. The summed E-state index contributed by atoms with van der Waals surface area (Å²) < 4.78 is 39.0. The number of aromatic amines is 1. The number of aromatic nitrogens is 3. The number of alkyl halides is 3. The standard InChI is InChI=1S/C25H27F3N6O2/c1-29-24(36)21-5-3-18(13-30-21)33-10-7-17(8-11-33)34-9-6-15(14-34)22-31-20-4-2-16(25(26,27)28)12-19(20)23(35)32-22/h2-5,12-13,15,17H,6-11,14H2,1H3,(H,29,36)(H,31,32,35). The van der Waals surface area contributed by atoms with E-state index in [9.17, 15) is 22.8 Å². The summed E-state index contributed by atoms with van der Waals surface area (Å²) in [6.45, 7) is 3.38. The molecule has 2 N–H and O–H groups in total. The molecule has 0 spiro atoms. The molecular weight excluding hydrogens is 473 g/mol. The van der Waals surface area contributed by atoms with Crippen molar-refractivity contribution in [3.8, 4) is 0 Å². The van der Waals surface area contributed by atoms with Crippen LogP contribution in [0.2, 0.25) is 0 Å². The second kappa shape index (κ2) is 9.53. The maximum atomic E-state index is 13.0. The molecule has 1 amide bonds. The van der Waals surface area contributed by atoms with E-state index in [1.807, 2.05) is 6.07 Å². The number of nitrogens with zero attached hydrogens (tertiary/aromatic N) is 4. The summed E-state index contributed by atoms with van der Waals surface area (Å²) in [5.74, 6) is 0.357. The molecule has 1 aromatic carbocycles. The summed E-state index contributed by atoms with van der Waals surface area (Å²) in [5.41, 5.74) is 0.271. The van der Waals surface area contributed by atoms with E-state index >= 15 is 0 Å². The molecule has 5 rings (SSSR count). The maximum absolute atomic E-state index is 13.0. The smallest absolute Gasteiger partial charge is 0.370 e. The van der Waals surface area contributed by atoms with Crippen LogP contribution in [-0.2, 0) is 6.18 Å². The van der Waals surface area contributed by atoms with Crippen molar-refractivity contribution >= 4 is 22.5 Å². The lowest BCUT2D eigenvalue weighted by molar-refractivity contribution is -0.137. The van der Waals surface area contributed by atoms with Gasteiger partial charge in [-0.2, -0.15) is 13.2 Å². The molecule has 2 aromatic heterocycles. The number of fused-ring (bicyclic) bond motifs is 1. The summed E-state index contributed by atoms with van der Waals surface area (Å²) in [6, 6.07) is 7.16. The topological polar surface area (TPSA) is 94.2 Å². The van der Waals surface area contributed by atoms with Gasteiger partial charge in [-0.15, -0.1) is 0 Å². The molecule has 2 aliphatic rings. The number of carbonyl (C=O) groups is 1. The molecule has 0 saturated carbocycles. The van der Waals surface area contributed by atoms with E-state index in [1.54, 1.807) is 19.3 Å². The van der Waals surface area contributed by atoms with Gasteiger partial charge in [-0.3, -0.25) is 14.5 Å². The van der Waals surface area contributed by atoms with Crippen LogP contribution in [0.3, 0.4) is 0 Å². The van der Waals surface area contributed by atoms with Gasteiger partial charge in [-0.25, -0.2) is 9.97 Å². The van der Waals surface area contributed by atoms with Crippen LogP contribution < -0.4 is 15.8 Å². The monoisotopic (exact) mass is 500 g/mol. The molecule has 2 fully saturated rings. The van der Waals surface area contributed by atoms with Crippen LogP contribution in [0, 0.1) is 0 Å². The van der Waals surface area contributed by atoms with E-state index in [1.165, 1.54) is 6.07 Å². The zero-order valence-electron chi connectivity index (χ0n) is 19.8. The molecule has 8 nitrogen and oxygen atoms in total. The number of H-pyrrole nitrogens is 1. The average Bonchev–Trinajstić information content (AvgIpc) is 3.38. The molecule has 3 aromatic rings. The molecule has 0 aliphatic carbocycles. The number of halogens is 3. The van der Waals surface area contributed by atoms with Crippen molar-refractivity contribution in [1.82, 2.24) is 25.2 Å². The second-order valence-electron chi connectivity index (χ2n) is 9.36. The molecule has 0 bridgehead atoms. The highest BCUT2D eigenvalue weighted by atomic mass is 19.4. The van der Waals surface area contributed by atoms with Crippen LogP contribution in [0.5, 0.6) is 0 Å². The number of hydrogen-bond acceptors (Lipinski definition) is 6. The molecule has 4 heterocycles. The number of piperidine rings is 1. The van der Waals surface area contributed by atoms with Gasteiger partial charge in [0.15, 0.2) is 0 Å². The molecule has 11 heteroatoms. The zero-order valence-corrected chi connectivity index (χ0v) is 19.8. The summed E-state index contributed by atoms with van der Waals surface area (Å²) in [4.78, 5) is 40.4. The summed E-state index contributed by atoms with van der Waals surface area (Å²) >= 11 is 0. The van der Waals surface area contributed by atoms with Gasteiger partial charge in [0.25, 0.3) is 11.5 Å². The fourth-order valence-corrected chi connectivity index (χ4v) is 5.19. The minimum absolute atomic E-state index is 0.0314. The number of nitrogens with one attached hydrogen (secondary N) is 2. The SMILES string of the molecule is CNC(=O)c1ccc(N2CCC(N3CCC(c4nc5ccc(C(F)(F)F)cc5c(=O)[nH]4)C3)CC2)cn1. The molecule has 0 radical (unpaired) electrons. The molecule has 2 aliphatic heterocycles. The van der Waals surface area contributed by atoms with Crippen LogP contribution in [0.1, 0.15) is 47.1 Å². The second-order valence-corrected chi connectivity index (χ2v) is 9.36. The number of rotatable bonds is 4. The number of benzene rings is 1. The summed E-state index contributed by atoms with van der Waals surface area (Å²) in [6.07, 6.45) is 0.0142. The Kier molecular flexibility index (Phi) is 6.42. The van der Waals surface area contributed by atoms with Gasteiger partial charge < -0.3 is 15.2 Å². The highest BCUT2D eigenvalue weighted by molar-refractivity contribution is 5.92. The van der Waals surface area contributed by atoms with Crippen LogP contribution in [0.25, 0.3) is 10.9 Å². The summed E-state index contributed by atoms with van der Waals surface area (Å²) in [7, 11) is 1.58. The Morgan fingerprint density at radius 1 is 1.11 bits per heavy atom. The van der Waals surface area contributed by atoms with E-state index in [2.05, 4.69) is 30.1 Å². The van der Waals surface area contributed by atoms with Gasteiger partial charge in [0.2, 0.25) is 0 Å².